The van der Waals surface area contributed by atoms with Crippen molar-refractivity contribution in [2.24, 2.45) is 0 Å². The number of morpholine rings is 1. The first kappa shape index (κ1) is 16.9. The lowest BCUT2D eigenvalue weighted by Gasteiger charge is -2.34. The number of aliphatic carboxylic acids is 1. The molecule has 1 atom stereocenters. The van der Waals surface area contributed by atoms with Crippen LogP contribution in [0.15, 0.2) is 18.2 Å². The van der Waals surface area contributed by atoms with E-state index in [0.717, 1.165) is 19.6 Å². The Morgan fingerprint density at radius 1 is 1.45 bits per heavy atom. The number of carbonyl (C=O) groups is 1. The summed E-state index contributed by atoms with van der Waals surface area (Å²) in [4.78, 5) is 14.9. The minimum atomic E-state index is -0.801. The molecule has 1 aliphatic rings. The maximum Gasteiger partial charge on any atom is 0.317 e. The van der Waals surface area contributed by atoms with Crippen LogP contribution in [-0.4, -0.2) is 66.8 Å². The zero-order valence-corrected chi connectivity index (χ0v) is 13.7. The summed E-state index contributed by atoms with van der Waals surface area (Å²) in [5.41, 5.74) is 3.97. The fourth-order valence-corrected chi connectivity index (χ4v) is 2.94. The molecule has 0 radical (unpaired) electrons. The molecule has 5 heteroatoms. The van der Waals surface area contributed by atoms with Gasteiger partial charge >= 0.3 is 5.97 Å². The van der Waals surface area contributed by atoms with Crippen molar-refractivity contribution in [2.45, 2.75) is 26.5 Å². The summed E-state index contributed by atoms with van der Waals surface area (Å²) in [6.07, 6.45) is 0.0730. The van der Waals surface area contributed by atoms with E-state index in [1.807, 2.05) is 7.05 Å². The van der Waals surface area contributed by atoms with Gasteiger partial charge in [-0.2, -0.15) is 0 Å². The van der Waals surface area contributed by atoms with E-state index < -0.39 is 5.97 Å². The van der Waals surface area contributed by atoms with Gasteiger partial charge in [-0.3, -0.25) is 14.6 Å². The number of carboxylic acids is 1. The fourth-order valence-electron chi connectivity index (χ4n) is 2.94. The summed E-state index contributed by atoms with van der Waals surface area (Å²) in [7, 11) is 1.82. The van der Waals surface area contributed by atoms with Crippen LogP contribution in [0.2, 0.25) is 0 Å². The van der Waals surface area contributed by atoms with Crippen molar-refractivity contribution in [1.29, 1.82) is 0 Å². The van der Waals surface area contributed by atoms with Crippen LogP contribution >= 0.6 is 0 Å². The highest BCUT2D eigenvalue weighted by Crippen LogP contribution is 2.15. The van der Waals surface area contributed by atoms with Crippen LogP contribution in [0, 0.1) is 13.8 Å². The number of likely N-dealkylation sites (N-methyl/N-ethyl adjacent to an activating group) is 1. The summed E-state index contributed by atoms with van der Waals surface area (Å²) >= 11 is 0. The summed E-state index contributed by atoms with van der Waals surface area (Å²) < 4.78 is 5.77. The number of ether oxygens (including phenoxy) is 1. The molecule has 1 aromatic rings. The summed E-state index contributed by atoms with van der Waals surface area (Å²) in [6, 6.07) is 6.57. The van der Waals surface area contributed by atoms with E-state index in [0.29, 0.717) is 13.2 Å². The average Bonchev–Trinajstić information content (AvgIpc) is 2.41. The molecule has 0 bridgehead atoms. The molecular weight excluding hydrogens is 280 g/mol. The number of benzene rings is 1. The Balaban J connectivity index is 1.89. The molecular formula is C17H26N2O3. The van der Waals surface area contributed by atoms with Gasteiger partial charge in [-0.05, 0) is 32.0 Å². The largest absolute Gasteiger partial charge is 0.480 e. The van der Waals surface area contributed by atoms with Crippen LogP contribution in [0.5, 0.6) is 0 Å². The van der Waals surface area contributed by atoms with Gasteiger partial charge in [0.15, 0.2) is 0 Å². The van der Waals surface area contributed by atoms with Crippen LogP contribution < -0.4 is 0 Å². The number of rotatable bonds is 6. The molecule has 1 aromatic carbocycles. The Morgan fingerprint density at radius 2 is 2.23 bits per heavy atom. The molecule has 0 spiro atoms. The molecule has 1 N–H and O–H groups in total. The normalized spacial score (nSPS) is 19.5. The topological polar surface area (TPSA) is 53.0 Å². The number of hydrogen-bond acceptors (Lipinski definition) is 4. The van der Waals surface area contributed by atoms with Crippen LogP contribution in [0.25, 0.3) is 0 Å². The van der Waals surface area contributed by atoms with E-state index in [-0.39, 0.29) is 12.6 Å². The first-order valence-electron chi connectivity index (χ1n) is 7.74. The second kappa shape index (κ2) is 7.72. The Morgan fingerprint density at radius 3 is 2.91 bits per heavy atom. The van der Waals surface area contributed by atoms with Crippen molar-refractivity contribution in [1.82, 2.24) is 9.80 Å². The smallest absolute Gasteiger partial charge is 0.317 e. The molecule has 1 unspecified atom stereocenters. The third-order valence-electron chi connectivity index (χ3n) is 4.04. The fraction of sp³-hybridized carbons (Fsp3) is 0.588. The first-order chi connectivity index (χ1) is 10.4. The first-order valence-corrected chi connectivity index (χ1v) is 7.74. The second-order valence-electron chi connectivity index (χ2n) is 6.25. The molecule has 122 valence electrons. The Labute approximate surface area is 132 Å². The Kier molecular flexibility index (Phi) is 5.94. The zero-order chi connectivity index (χ0) is 16.1. The Bertz CT molecular complexity index is 519. The summed E-state index contributed by atoms with van der Waals surface area (Å²) in [6.45, 7) is 8.36. The summed E-state index contributed by atoms with van der Waals surface area (Å²) in [5.74, 6) is -0.801. The molecule has 0 saturated carbocycles. The van der Waals surface area contributed by atoms with E-state index in [1.54, 1.807) is 4.90 Å². The summed E-state index contributed by atoms with van der Waals surface area (Å²) in [5, 5.41) is 8.82. The lowest BCUT2D eigenvalue weighted by molar-refractivity contribution is -0.138. The molecule has 1 saturated heterocycles. The van der Waals surface area contributed by atoms with Gasteiger partial charge < -0.3 is 9.84 Å². The van der Waals surface area contributed by atoms with E-state index in [1.165, 1.54) is 16.7 Å². The molecule has 2 rings (SSSR count). The SMILES string of the molecule is Cc1ccc(CN2CCOC(CN(C)CC(=O)O)C2)c(C)c1. The molecule has 0 amide bonds. The minimum absolute atomic E-state index is 0.0525. The lowest BCUT2D eigenvalue weighted by atomic mass is 10.0. The quantitative estimate of drug-likeness (QED) is 0.863. The predicted octanol–water partition coefficient (Wildman–Crippen LogP) is 1.52. The van der Waals surface area contributed by atoms with E-state index in [2.05, 4.69) is 36.9 Å². The molecule has 1 fully saturated rings. The van der Waals surface area contributed by atoms with Gasteiger partial charge in [-0.15, -0.1) is 0 Å². The highest BCUT2D eigenvalue weighted by Gasteiger charge is 2.22. The van der Waals surface area contributed by atoms with Crippen LogP contribution in [-0.2, 0) is 16.1 Å². The minimum Gasteiger partial charge on any atom is -0.480 e. The van der Waals surface area contributed by atoms with Crippen molar-refractivity contribution < 1.29 is 14.6 Å². The van der Waals surface area contributed by atoms with Crippen LogP contribution in [0.1, 0.15) is 16.7 Å². The maximum absolute atomic E-state index is 10.7. The van der Waals surface area contributed by atoms with Crippen LogP contribution in [0.3, 0.4) is 0 Å². The lowest BCUT2D eigenvalue weighted by Crippen LogP contribution is -2.47. The highest BCUT2D eigenvalue weighted by molar-refractivity contribution is 5.69. The molecule has 22 heavy (non-hydrogen) atoms. The van der Waals surface area contributed by atoms with Gasteiger partial charge in [-0.25, -0.2) is 0 Å². The van der Waals surface area contributed by atoms with Crippen molar-refractivity contribution >= 4 is 5.97 Å². The van der Waals surface area contributed by atoms with E-state index >= 15 is 0 Å². The van der Waals surface area contributed by atoms with Crippen molar-refractivity contribution in [3.63, 3.8) is 0 Å². The van der Waals surface area contributed by atoms with Gasteiger partial charge in [-0.1, -0.05) is 23.8 Å². The van der Waals surface area contributed by atoms with Crippen molar-refractivity contribution in [3.05, 3.63) is 34.9 Å². The monoisotopic (exact) mass is 306 g/mol. The van der Waals surface area contributed by atoms with Gasteiger partial charge in [0.1, 0.15) is 0 Å². The van der Waals surface area contributed by atoms with Gasteiger partial charge in [0, 0.05) is 26.2 Å². The van der Waals surface area contributed by atoms with Gasteiger partial charge in [0.25, 0.3) is 0 Å². The van der Waals surface area contributed by atoms with E-state index in [9.17, 15) is 4.79 Å². The van der Waals surface area contributed by atoms with Crippen molar-refractivity contribution in [3.8, 4) is 0 Å². The number of hydrogen-bond donors (Lipinski definition) is 1. The van der Waals surface area contributed by atoms with Gasteiger partial charge in [0.2, 0.25) is 0 Å². The molecule has 5 nitrogen and oxygen atoms in total. The number of aryl methyl sites for hydroxylation is 2. The third-order valence-corrected chi connectivity index (χ3v) is 4.04. The predicted molar refractivity (Wildman–Crippen MR) is 86.1 cm³/mol. The zero-order valence-electron chi connectivity index (χ0n) is 13.7. The molecule has 1 heterocycles. The third kappa shape index (κ3) is 5.09. The number of nitrogens with zero attached hydrogens (tertiary/aromatic N) is 2. The Hall–Kier alpha value is -1.43. The van der Waals surface area contributed by atoms with Crippen molar-refractivity contribution in [2.75, 3.05) is 39.8 Å². The van der Waals surface area contributed by atoms with E-state index in [4.69, 9.17) is 9.84 Å². The van der Waals surface area contributed by atoms with Crippen LogP contribution in [0.4, 0.5) is 0 Å². The van der Waals surface area contributed by atoms with Gasteiger partial charge in [0.05, 0.1) is 19.3 Å². The molecule has 1 aliphatic heterocycles. The standard InChI is InChI=1S/C17H26N2O3/c1-13-4-5-15(14(2)8-13)9-19-6-7-22-16(11-19)10-18(3)12-17(20)21/h4-5,8,16H,6-7,9-12H2,1-3H3,(H,20,21). The molecule has 0 aliphatic carbocycles. The second-order valence-corrected chi connectivity index (χ2v) is 6.25. The number of carboxylic acid groups (broad SMARTS) is 1. The molecule has 0 aromatic heterocycles. The highest BCUT2D eigenvalue weighted by atomic mass is 16.5. The average molecular weight is 306 g/mol. The maximum atomic E-state index is 10.7.